The van der Waals surface area contributed by atoms with Gasteiger partial charge in [0.05, 0.1) is 37.7 Å². The number of benzene rings is 2. The Balaban J connectivity index is 1.77. The highest BCUT2D eigenvalue weighted by Crippen LogP contribution is 2.37. The van der Waals surface area contributed by atoms with Gasteiger partial charge in [-0.15, -0.1) is 0 Å². The lowest BCUT2D eigenvalue weighted by molar-refractivity contribution is -0.115. The maximum Gasteiger partial charge on any atom is 0.173 e. The van der Waals surface area contributed by atoms with Gasteiger partial charge in [0, 0.05) is 31.0 Å². The summed E-state index contributed by atoms with van der Waals surface area (Å²) in [5, 5.41) is 20.8. The number of carbonyl (C=O) groups excluding carboxylic acids is 1. The molecule has 1 saturated heterocycles. The normalized spacial score (nSPS) is 16.6. The van der Waals surface area contributed by atoms with E-state index in [1.165, 1.54) is 11.8 Å². The zero-order valence-corrected chi connectivity index (χ0v) is 20.2. The van der Waals surface area contributed by atoms with Crippen LogP contribution in [0.2, 0.25) is 0 Å². The van der Waals surface area contributed by atoms with E-state index in [2.05, 4.69) is 42.2 Å². The van der Waals surface area contributed by atoms with Crippen LogP contribution in [0.3, 0.4) is 0 Å². The minimum Gasteiger partial charge on any atom is -0.394 e. The minimum absolute atomic E-state index is 0.00639. The first-order valence-electron chi connectivity index (χ1n) is 12.4. The first kappa shape index (κ1) is 25.9. The van der Waals surface area contributed by atoms with Crippen molar-refractivity contribution in [2.24, 2.45) is 0 Å². The molecule has 2 aromatic rings. The van der Waals surface area contributed by atoms with Crippen LogP contribution >= 0.6 is 0 Å². The lowest BCUT2D eigenvalue weighted by Gasteiger charge is -2.39. The molecule has 34 heavy (non-hydrogen) atoms. The molecule has 0 radical (unpaired) electrons. The molecular weight excluding hydrogens is 428 g/mol. The van der Waals surface area contributed by atoms with E-state index in [0.29, 0.717) is 38.9 Å². The Morgan fingerprint density at radius 3 is 2.71 bits per heavy atom. The number of rotatable bonds is 13. The summed E-state index contributed by atoms with van der Waals surface area (Å²) >= 11 is 0. The van der Waals surface area contributed by atoms with E-state index in [1.807, 2.05) is 12.1 Å². The van der Waals surface area contributed by atoms with Crippen LogP contribution in [0, 0.1) is 11.3 Å². The number of anilines is 1. The molecule has 1 atom stereocenters. The lowest BCUT2D eigenvalue weighted by Crippen LogP contribution is -2.39. The molecule has 6 nitrogen and oxygen atoms in total. The number of allylic oxidation sites excluding steroid dienone is 1. The van der Waals surface area contributed by atoms with E-state index in [1.54, 1.807) is 6.08 Å². The molecule has 0 aliphatic carbocycles. The summed E-state index contributed by atoms with van der Waals surface area (Å²) in [7, 11) is 0. The van der Waals surface area contributed by atoms with Gasteiger partial charge >= 0.3 is 0 Å². The summed E-state index contributed by atoms with van der Waals surface area (Å²) in [6, 6.07) is 15.1. The van der Waals surface area contributed by atoms with Crippen molar-refractivity contribution >= 4 is 28.3 Å². The summed E-state index contributed by atoms with van der Waals surface area (Å²) in [6.45, 7) is 4.78. The SMILES string of the molecule is CCC1CCCCN1c1c(/C=C(\C#N)C(=O)CCCOCCOCCO)ccc2ccccc12. The molecule has 6 heteroatoms. The van der Waals surface area contributed by atoms with Gasteiger partial charge in [-0.1, -0.05) is 43.3 Å². The van der Waals surface area contributed by atoms with Crippen molar-refractivity contribution in [2.75, 3.05) is 44.5 Å². The minimum atomic E-state index is -0.160. The largest absolute Gasteiger partial charge is 0.394 e. The number of carbonyl (C=O) groups is 1. The van der Waals surface area contributed by atoms with Crippen LogP contribution in [0.4, 0.5) is 5.69 Å². The molecule has 1 fully saturated rings. The second kappa shape index (κ2) is 13.9. The van der Waals surface area contributed by atoms with E-state index in [4.69, 9.17) is 14.6 Å². The number of nitriles is 1. The van der Waals surface area contributed by atoms with Crippen molar-refractivity contribution in [1.82, 2.24) is 0 Å². The number of aliphatic hydroxyl groups is 1. The van der Waals surface area contributed by atoms with Gasteiger partial charge < -0.3 is 19.5 Å². The Morgan fingerprint density at radius 1 is 1.15 bits per heavy atom. The van der Waals surface area contributed by atoms with Gasteiger partial charge in [-0.3, -0.25) is 4.79 Å². The topological polar surface area (TPSA) is 82.8 Å². The first-order valence-corrected chi connectivity index (χ1v) is 12.4. The number of Topliss-reactive ketones (excluding diaryl/α,β-unsaturated/α-hetero) is 1. The van der Waals surface area contributed by atoms with Crippen molar-refractivity contribution in [3.8, 4) is 6.07 Å². The lowest BCUT2D eigenvalue weighted by atomic mass is 9.94. The Kier molecular flexibility index (Phi) is 10.6. The average molecular weight is 465 g/mol. The number of aliphatic hydroxyl groups excluding tert-OH is 1. The summed E-state index contributed by atoms with van der Waals surface area (Å²) in [4.78, 5) is 15.3. The summed E-state index contributed by atoms with van der Waals surface area (Å²) in [6.07, 6.45) is 7.21. The number of fused-ring (bicyclic) bond motifs is 1. The van der Waals surface area contributed by atoms with Crippen LogP contribution in [-0.2, 0) is 14.3 Å². The highest BCUT2D eigenvalue weighted by atomic mass is 16.5. The summed E-state index contributed by atoms with van der Waals surface area (Å²) in [5.41, 5.74) is 2.26. The van der Waals surface area contributed by atoms with Crippen molar-refractivity contribution in [3.05, 3.63) is 47.5 Å². The highest BCUT2D eigenvalue weighted by Gasteiger charge is 2.24. The molecule has 182 valence electrons. The van der Waals surface area contributed by atoms with Crippen LogP contribution in [0.5, 0.6) is 0 Å². The van der Waals surface area contributed by atoms with Crippen molar-refractivity contribution in [2.45, 2.75) is 51.5 Å². The van der Waals surface area contributed by atoms with Gasteiger partial charge in [0.25, 0.3) is 0 Å². The number of piperidine rings is 1. The van der Waals surface area contributed by atoms with Gasteiger partial charge in [-0.2, -0.15) is 5.26 Å². The van der Waals surface area contributed by atoms with Crippen molar-refractivity contribution in [1.29, 1.82) is 5.26 Å². The predicted molar refractivity (Wildman–Crippen MR) is 136 cm³/mol. The smallest absolute Gasteiger partial charge is 0.173 e. The molecule has 1 aliphatic heterocycles. The fraction of sp³-hybridized carbons (Fsp3) is 0.500. The Bertz CT molecular complexity index is 1010. The van der Waals surface area contributed by atoms with Gasteiger partial charge in [0.1, 0.15) is 6.07 Å². The fourth-order valence-corrected chi connectivity index (χ4v) is 4.62. The van der Waals surface area contributed by atoms with Gasteiger partial charge in [0.2, 0.25) is 0 Å². The van der Waals surface area contributed by atoms with Crippen LogP contribution < -0.4 is 4.90 Å². The molecule has 2 aromatic carbocycles. The summed E-state index contributed by atoms with van der Waals surface area (Å²) < 4.78 is 10.6. The van der Waals surface area contributed by atoms with Gasteiger partial charge in [0.15, 0.2) is 5.78 Å². The molecule has 1 N–H and O–H groups in total. The third-order valence-electron chi connectivity index (χ3n) is 6.34. The molecular formula is C28H36N2O4. The standard InChI is InChI=1S/C28H36N2O4/c1-2-25-9-5-6-14-30(25)28-23(13-12-22-8-3-4-10-26(22)28)20-24(21-29)27(32)11-7-16-33-18-19-34-17-15-31/h3-4,8,10,12-13,20,25,31H,2,5-7,9,11,14-19H2,1H3/b24-20+. The maximum absolute atomic E-state index is 12.8. The monoisotopic (exact) mass is 464 g/mol. The third-order valence-corrected chi connectivity index (χ3v) is 6.34. The van der Waals surface area contributed by atoms with Crippen molar-refractivity contribution < 1.29 is 19.4 Å². The molecule has 1 heterocycles. The average Bonchev–Trinajstić information content (AvgIpc) is 2.88. The van der Waals surface area contributed by atoms with Gasteiger partial charge in [-0.25, -0.2) is 0 Å². The Morgan fingerprint density at radius 2 is 1.94 bits per heavy atom. The molecule has 0 bridgehead atoms. The second-order valence-corrected chi connectivity index (χ2v) is 8.62. The third kappa shape index (κ3) is 6.89. The van der Waals surface area contributed by atoms with E-state index in [9.17, 15) is 10.1 Å². The quantitative estimate of drug-likeness (QED) is 0.258. The molecule has 1 aliphatic rings. The Hall–Kier alpha value is -2.72. The van der Waals surface area contributed by atoms with Crippen LogP contribution in [0.15, 0.2) is 42.0 Å². The number of nitrogens with zero attached hydrogens (tertiary/aromatic N) is 2. The van der Waals surface area contributed by atoms with E-state index < -0.39 is 0 Å². The fourth-order valence-electron chi connectivity index (χ4n) is 4.62. The van der Waals surface area contributed by atoms with Gasteiger partial charge in [-0.05, 0) is 49.1 Å². The van der Waals surface area contributed by atoms with Crippen LogP contribution in [0.25, 0.3) is 16.8 Å². The van der Waals surface area contributed by atoms with Crippen LogP contribution in [-0.4, -0.2) is 56.5 Å². The summed E-state index contributed by atoms with van der Waals surface area (Å²) in [5.74, 6) is -0.160. The number of ether oxygens (including phenoxy) is 2. The zero-order valence-electron chi connectivity index (χ0n) is 20.2. The zero-order chi connectivity index (χ0) is 24.2. The van der Waals surface area contributed by atoms with E-state index in [-0.39, 0.29) is 24.4 Å². The molecule has 0 spiro atoms. The van der Waals surface area contributed by atoms with Crippen LogP contribution in [0.1, 0.15) is 51.0 Å². The van der Waals surface area contributed by atoms with E-state index in [0.717, 1.165) is 42.4 Å². The number of ketones is 1. The number of hydrogen-bond donors (Lipinski definition) is 1. The maximum atomic E-state index is 12.8. The highest BCUT2D eigenvalue weighted by molar-refractivity contribution is 6.06. The molecule has 0 aromatic heterocycles. The first-order chi connectivity index (χ1) is 16.7. The second-order valence-electron chi connectivity index (χ2n) is 8.62. The Labute approximate surface area is 202 Å². The molecule has 0 amide bonds. The van der Waals surface area contributed by atoms with E-state index >= 15 is 0 Å². The van der Waals surface area contributed by atoms with Crippen molar-refractivity contribution in [3.63, 3.8) is 0 Å². The predicted octanol–water partition coefficient (Wildman–Crippen LogP) is 4.89. The number of hydrogen-bond acceptors (Lipinski definition) is 6. The molecule has 3 rings (SSSR count). The molecule has 1 unspecified atom stereocenters. The molecule has 0 saturated carbocycles.